The van der Waals surface area contributed by atoms with Crippen molar-refractivity contribution in [2.45, 2.75) is 32.2 Å². The van der Waals surface area contributed by atoms with Crippen LogP contribution in [0.4, 0.5) is 5.69 Å². The number of esters is 1. The molecule has 2 atom stereocenters. The van der Waals surface area contributed by atoms with E-state index in [2.05, 4.69) is 21.3 Å². The largest absolute Gasteiger partial charge is 0.469 e. The van der Waals surface area contributed by atoms with Gasteiger partial charge in [0.2, 0.25) is 5.91 Å². The molecule has 1 saturated heterocycles. The lowest BCUT2D eigenvalue weighted by Gasteiger charge is -2.34. The van der Waals surface area contributed by atoms with E-state index in [0.717, 1.165) is 37.2 Å². The van der Waals surface area contributed by atoms with Gasteiger partial charge in [-0.25, -0.2) is 0 Å². The number of amides is 1. The van der Waals surface area contributed by atoms with E-state index >= 15 is 0 Å². The van der Waals surface area contributed by atoms with Gasteiger partial charge in [0.15, 0.2) is 0 Å². The van der Waals surface area contributed by atoms with Crippen molar-refractivity contribution >= 4 is 17.6 Å². The van der Waals surface area contributed by atoms with E-state index in [1.165, 1.54) is 7.11 Å². The molecule has 0 spiro atoms. The summed E-state index contributed by atoms with van der Waals surface area (Å²) in [4.78, 5) is 31.6. The van der Waals surface area contributed by atoms with E-state index < -0.39 is 5.92 Å². The summed E-state index contributed by atoms with van der Waals surface area (Å²) < 4.78 is 4.99. The summed E-state index contributed by atoms with van der Waals surface area (Å²) in [5, 5.41) is 12.1. The quantitative estimate of drug-likeness (QED) is 0.692. The van der Waals surface area contributed by atoms with Crippen LogP contribution in [0.25, 0.3) is 0 Å². The maximum absolute atomic E-state index is 12.9. The number of aromatic nitrogens is 1. The van der Waals surface area contributed by atoms with E-state index in [1.807, 2.05) is 25.1 Å². The Morgan fingerprint density at radius 2 is 1.97 bits per heavy atom. The number of piperidine rings is 1. The van der Waals surface area contributed by atoms with Crippen LogP contribution in [0.15, 0.2) is 48.8 Å². The lowest BCUT2D eigenvalue weighted by atomic mass is 9.90. The number of ether oxygens (including phenoxy) is 1. The zero-order valence-electron chi connectivity index (χ0n) is 18.0. The van der Waals surface area contributed by atoms with Crippen LogP contribution in [0.5, 0.6) is 0 Å². The Morgan fingerprint density at radius 3 is 2.61 bits per heavy atom. The summed E-state index contributed by atoms with van der Waals surface area (Å²) >= 11 is 0. The molecule has 0 radical (unpaired) electrons. The summed E-state index contributed by atoms with van der Waals surface area (Å²) in [5.74, 6) is -1.01. The molecular formula is C24H28N4O3. The van der Waals surface area contributed by atoms with Crippen LogP contribution in [0.3, 0.4) is 0 Å². The number of hydrogen-bond donors (Lipinski definition) is 1. The van der Waals surface area contributed by atoms with Crippen LogP contribution in [0, 0.1) is 23.2 Å². The maximum atomic E-state index is 12.9. The highest BCUT2D eigenvalue weighted by atomic mass is 16.5. The first kappa shape index (κ1) is 22.3. The number of carbonyl (C=O) groups is 2. The normalized spacial score (nSPS) is 16.1. The molecule has 162 valence electrons. The van der Waals surface area contributed by atoms with Crippen molar-refractivity contribution in [3.8, 4) is 6.07 Å². The highest BCUT2D eigenvalue weighted by Crippen LogP contribution is 2.23. The molecule has 2 aromatic rings. The molecule has 1 aromatic heterocycles. The van der Waals surface area contributed by atoms with E-state index in [4.69, 9.17) is 10.00 Å². The molecule has 1 aromatic carbocycles. The van der Waals surface area contributed by atoms with Gasteiger partial charge in [-0.15, -0.1) is 0 Å². The number of methoxy groups -OCH3 is 1. The third kappa shape index (κ3) is 5.82. The molecule has 0 bridgehead atoms. The predicted molar refractivity (Wildman–Crippen MR) is 117 cm³/mol. The van der Waals surface area contributed by atoms with E-state index in [0.29, 0.717) is 12.0 Å². The number of carbonyl (C=O) groups excluding carboxylic acids is 2. The third-order valence-electron chi connectivity index (χ3n) is 5.88. The van der Waals surface area contributed by atoms with Crippen molar-refractivity contribution in [3.63, 3.8) is 0 Å². The number of pyridine rings is 1. The molecule has 1 N–H and O–H groups in total. The molecule has 3 rings (SSSR count). The van der Waals surface area contributed by atoms with Gasteiger partial charge < -0.3 is 15.0 Å². The molecule has 7 nitrogen and oxygen atoms in total. The number of anilines is 1. The molecule has 1 amide bonds. The number of nitriles is 1. The zero-order chi connectivity index (χ0) is 22.2. The minimum atomic E-state index is -0.528. The summed E-state index contributed by atoms with van der Waals surface area (Å²) in [6.45, 7) is 3.44. The van der Waals surface area contributed by atoms with Crippen LogP contribution < -0.4 is 10.2 Å². The Labute approximate surface area is 183 Å². The molecule has 1 aliphatic rings. The summed E-state index contributed by atoms with van der Waals surface area (Å²) in [6, 6.07) is 12.8. The van der Waals surface area contributed by atoms with Crippen molar-refractivity contribution < 1.29 is 14.3 Å². The van der Waals surface area contributed by atoms with Gasteiger partial charge >= 0.3 is 5.97 Å². The lowest BCUT2D eigenvalue weighted by molar-refractivity contribution is -0.146. The fourth-order valence-corrected chi connectivity index (χ4v) is 4.03. The van der Waals surface area contributed by atoms with Crippen molar-refractivity contribution in [1.82, 2.24) is 10.3 Å². The Balaban J connectivity index is 1.59. The smallest absolute Gasteiger partial charge is 0.311 e. The minimum Gasteiger partial charge on any atom is -0.469 e. The van der Waals surface area contributed by atoms with Crippen molar-refractivity contribution in [2.24, 2.45) is 11.8 Å². The average molecular weight is 421 g/mol. The second-order valence-electron chi connectivity index (χ2n) is 7.91. The van der Waals surface area contributed by atoms with Gasteiger partial charge in [-0.1, -0.05) is 12.1 Å². The molecule has 7 heteroatoms. The molecule has 1 fully saturated rings. The fourth-order valence-electron chi connectivity index (χ4n) is 4.03. The second kappa shape index (κ2) is 10.6. The predicted octanol–water partition coefficient (Wildman–Crippen LogP) is 2.71. The molecule has 1 aliphatic heterocycles. The van der Waals surface area contributed by atoms with Crippen LogP contribution in [0.1, 0.15) is 30.9 Å². The van der Waals surface area contributed by atoms with E-state index in [1.54, 1.807) is 30.6 Å². The highest BCUT2D eigenvalue weighted by molar-refractivity contribution is 5.81. The SMILES string of the molecule is COC(=O)C(Cc1cccc(C#N)c1)C(C)NC(=O)C1CCN(c2ccncc2)CC1. The Morgan fingerprint density at radius 1 is 1.26 bits per heavy atom. The van der Waals surface area contributed by atoms with Gasteiger partial charge in [-0.2, -0.15) is 5.26 Å². The van der Waals surface area contributed by atoms with E-state index in [-0.39, 0.29) is 23.8 Å². The Hall–Kier alpha value is -3.40. The van der Waals surface area contributed by atoms with E-state index in [9.17, 15) is 9.59 Å². The number of nitrogens with one attached hydrogen (secondary N) is 1. The molecule has 0 aliphatic carbocycles. The molecule has 31 heavy (non-hydrogen) atoms. The van der Waals surface area contributed by atoms with Gasteiger partial charge in [0.1, 0.15) is 0 Å². The summed E-state index contributed by atoms with van der Waals surface area (Å²) in [7, 11) is 1.35. The first-order chi connectivity index (χ1) is 15.0. The highest BCUT2D eigenvalue weighted by Gasteiger charge is 2.31. The van der Waals surface area contributed by atoms with Crippen molar-refractivity contribution in [2.75, 3.05) is 25.1 Å². The number of rotatable bonds is 7. The monoisotopic (exact) mass is 420 g/mol. The van der Waals surface area contributed by atoms with Crippen molar-refractivity contribution in [1.29, 1.82) is 5.26 Å². The topological polar surface area (TPSA) is 95.3 Å². The first-order valence-corrected chi connectivity index (χ1v) is 10.5. The summed E-state index contributed by atoms with van der Waals surface area (Å²) in [5.41, 5.74) is 2.52. The van der Waals surface area contributed by atoms with Gasteiger partial charge in [0.25, 0.3) is 0 Å². The standard InChI is InChI=1S/C24H28N4O3/c1-17(22(24(30)31-2)15-18-4-3-5-19(14-18)16-25)27-23(29)20-8-12-28(13-9-20)21-6-10-26-11-7-21/h3-7,10-11,14,17,20,22H,8-9,12-13,15H2,1-2H3,(H,27,29). The average Bonchev–Trinajstić information content (AvgIpc) is 2.82. The number of nitrogens with zero attached hydrogens (tertiary/aromatic N) is 3. The second-order valence-corrected chi connectivity index (χ2v) is 7.91. The van der Waals surface area contributed by atoms with Crippen molar-refractivity contribution in [3.05, 3.63) is 59.9 Å². The van der Waals surface area contributed by atoms with Gasteiger partial charge in [0, 0.05) is 43.1 Å². The maximum Gasteiger partial charge on any atom is 0.311 e. The first-order valence-electron chi connectivity index (χ1n) is 10.5. The molecular weight excluding hydrogens is 392 g/mol. The van der Waals surface area contributed by atoms with Gasteiger partial charge in [0.05, 0.1) is 24.7 Å². The number of benzene rings is 1. The molecule has 2 unspecified atom stereocenters. The molecule has 2 heterocycles. The number of hydrogen-bond acceptors (Lipinski definition) is 6. The zero-order valence-corrected chi connectivity index (χ0v) is 18.0. The van der Waals surface area contributed by atoms with Gasteiger partial charge in [-0.05, 0) is 56.0 Å². The summed E-state index contributed by atoms with van der Waals surface area (Å²) in [6.07, 6.45) is 5.45. The minimum absolute atomic E-state index is 0.0263. The van der Waals surface area contributed by atoms with Crippen LogP contribution in [-0.4, -0.2) is 43.1 Å². The van der Waals surface area contributed by atoms with Crippen LogP contribution >= 0.6 is 0 Å². The van der Waals surface area contributed by atoms with Crippen LogP contribution in [0.2, 0.25) is 0 Å². The fraction of sp³-hybridized carbons (Fsp3) is 0.417. The molecule has 0 saturated carbocycles. The Bertz CT molecular complexity index is 933. The Kier molecular flexibility index (Phi) is 7.60. The van der Waals surface area contributed by atoms with Gasteiger partial charge in [-0.3, -0.25) is 14.6 Å². The third-order valence-corrected chi connectivity index (χ3v) is 5.88. The lowest BCUT2D eigenvalue weighted by Crippen LogP contribution is -2.47. The van der Waals surface area contributed by atoms with Crippen LogP contribution in [-0.2, 0) is 20.7 Å².